The average Bonchev–Trinajstić information content (AvgIpc) is 2.62. The van der Waals surface area contributed by atoms with Crippen molar-refractivity contribution in [3.05, 3.63) is 65.2 Å². The fraction of sp³-hybridized carbons (Fsp3) is 0.381. The van der Waals surface area contributed by atoms with Crippen LogP contribution in [0.25, 0.3) is 0 Å². The van der Waals surface area contributed by atoms with Crippen molar-refractivity contribution in [3.63, 3.8) is 0 Å². The number of benzene rings is 2. The summed E-state index contributed by atoms with van der Waals surface area (Å²) >= 11 is 0. The Balaban J connectivity index is 0.00000243. The molecule has 0 radical (unpaired) electrons. The average molecular weight is 464 g/mol. The molecule has 1 unspecified atom stereocenters. The first-order valence-corrected chi connectivity index (χ1v) is 9.10. The van der Waals surface area contributed by atoms with E-state index in [0.717, 1.165) is 38.2 Å². The highest BCUT2D eigenvalue weighted by Gasteiger charge is 2.21. The number of aryl methyl sites for hydroxylation is 1. The van der Waals surface area contributed by atoms with Crippen molar-refractivity contribution < 1.29 is 0 Å². The van der Waals surface area contributed by atoms with E-state index in [1.807, 2.05) is 12.1 Å². The van der Waals surface area contributed by atoms with Crippen molar-refractivity contribution in [2.24, 2.45) is 10.7 Å². The minimum Gasteiger partial charge on any atom is -0.370 e. The number of fused-ring (bicyclic) bond motifs is 1. The van der Waals surface area contributed by atoms with Gasteiger partial charge in [-0.1, -0.05) is 43.3 Å². The molecule has 0 saturated heterocycles. The monoisotopic (exact) mass is 464 g/mol. The van der Waals surface area contributed by atoms with Crippen molar-refractivity contribution in [2.75, 3.05) is 18.4 Å². The van der Waals surface area contributed by atoms with Gasteiger partial charge in [-0.2, -0.15) is 0 Å². The highest BCUT2D eigenvalue weighted by molar-refractivity contribution is 14.0. The summed E-state index contributed by atoms with van der Waals surface area (Å²) in [7, 11) is 0. The number of nitrogens with zero attached hydrogens (tertiary/aromatic N) is 2. The molecule has 4 nitrogen and oxygen atoms in total. The number of hydrogen-bond donors (Lipinski definition) is 2. The number of anilines is 1. The van der Waals surface area contributed by atoms with E-state index in [1.165, 1.54) is 16.7 Å². The molecule has 0 bridgehead atoms. The van der Waals surface area contributed by atoms with Gasteiger partial charge in [0.15, 0.2) is 5.96 Å². The number of guanidine groups is 1. The Bertz CT molecular complexity index is 744. The lowest BCUT2D eigenvalue weighted by Gasteiger charge is -2.34. The van der Waals surface area contributed by atoms with Crippen LogP contribution in [0.5, 0.6) is 0 Å². The van der Waals surface area contributed by atoms with Gasteiger partial charge in [0.2, 0.25) is 0 Å². The van der Waals surface area contributed by atoms with Crippen LogP contribution < -0.4 is 11.1 Å². The molecule has 3 N–H and O–H groups in total. The third kappa shape index (κ3) is 5.45. The lowest BCUT2D eigenvalue weighted by molar-refractivity contribution is 0.178. The van der Waals surface area contributed by atoms with E-state index in [-0.39, 0.29) is 24.0 Å². The first-order chi connectivity index (χ1) is 12.2. The van der Waals surface area contributed by atoms with E-state index in [4.69, 9.17) is 5.73 Å². The predicted octanol–water partition coefficient (Wildman–Crippen LogP) is 4.18. The number of rotatable bonds is 5. The second kappa shape index (κ2) is 9.92. The summed E-state index contributed by atoms with van der Waals surface area (Å²) in [6.07, 6.45) is 2.19. The topological polar surface area (TPSA) is 53.6 Å². The zero-order valence-electron chi connectivity index (χ0n) is 15.6. The number of nitrogens with two attached hydrogens (primary N) is 1. The second-order valence-electron chi connectivity index (χ2n) is 6.77. The van der Waals surface area contributed by atoms with Crippen LogP contribution >= 0.6 is 24.0 Å². The molecule has 0 aliphatic carbocycles. The number of aliphatic imine (C=N–C) groups is 1. The Labute approximate surface area is 173 Å². The van der Waals surface area contributed by atoms with Crippen LogP contribution in [-0.2, 0) is 13.0 Å². The number of hydrogen-bond acceptors (Lipinski definition) is 2. The Kier molecular flexibility index (Phi) is 7.90. The Morgan fingerprint density at radius 2 is 1.96 bits per heavy atom. The molecule has 5 heteroatoms. The third-order valence-electron chi connectivity index (χ3n) is 4.91. The fourth-order valence-corrected chi connectivity index (χ4v) is 3.45. The molecule has 0 fully saturated rings. The van der Waals surface area contributed by atoms with Gasteiger partial charge in [-0.15, -0.1) is 24.0 Å². The van der Waals surface area contributed by atoms with Crippen LogP contribution in [0, 0.1) is 6.92 Å². The SMILES string of the molecule is CCC(CN=C(N)Nc1cccc(C)c1)N1CCc2ccccc2C1.I. The summed E-state index contributed by atoms with van der Waals surface area (Å²) in [4.78, 5) is 7.13. The van der Waals surface area contributed by atoms with Gasteiger partial charge in [-0.05, 0) is 48.6 Å². The van der Waals surface area contributed by atoms with Crippen molar-refractivity contribution in [3.8, 4) is 0 Å². The minimum atomic E-state index is 0. The summed E-state index contributed by atoms with van der Waals surface area (Å²) < 4.78 is 0. The van der Waals surface area contributed by atoms with Crippen molar-refractivity contribution in [1.82, 2.24) is 4.90 Å². The third-order valence-corrected chi connectivity index (χ3v) is 4.91. The van der Waals surface area contributed by atoms with Crippen LogP contribution in [0.2, 0.25) is 0 Å². The molecule has 26 heavy (non-hydrogen) atoms. The highest BCUT2D eigenvalue weighted by atomic mass is 127. The van der Waals surface area contributed by atoms with Crippen LogP contribution in [0.15, 0.2) is 53.5 Å². The molecule has 0 spiro atoms. The molecule has 1 atom stereocenters. The van der Waals surface area contributed by atoms with E-state index < -0.39 is 0 Å². The molecule has 1 aliphatic rings. The van der Waals surface area contributed by atoms with Gasteiger partial charge >= 0.3 is 0 Å². The molecule has 2 aromatic rings. The summed E-state index contributed by atoms with van der Waals surface area (Å²) in [5.41, 5.74) is 11.2. The molecular formula is C21H29IN4. The summed E-state index contributed by atoms with van der Waals surface area (Å²) in [5, 5.41) is 3.19. The minimum absolute atomic E-state index is 0. The Morgan fingerprint density at radius 3 is 2.69 bits per heavy atom. The van der Waals surface area contributed by atoms with Crippen molar-refractivity contribution >= 4 is 35.6 Å². The van der Waals surface area contributed by atoms with E-state index in [2.05, 4.69) is 65.5 Å². The zero-order chi connectivity index (χ0) is 17.6. The zero-order valence-corrected chi connectivity index (χ0v) is 17.9. The Morgan fingerprint density at radius 1 is 1.19 bits per heavy atom. The largest absolute Gasteiger partial charge is 0.370 e. The molecule has 1 heterocycles. The van der Waals surface area contributed by atoms with Gasteiger partial charge in [0.1, 0.15) is 0 Å². The summed E-state index contributed by atoms with van der Waals surface area (Å²) in [6.45, 7) is 7.12. The van der Waals surface area contributed by atoms with Gasteiger partial charge in [0.05, 0.1) is 6.54 Å². The van der Waals surface area contributed by atoms with Crippen LogP contribution in [0.4, 0.5) is 5.69 Å². The van der Waals surface area contributed by atoms with Gasteiger partial charge < -0.3 is 11.1 Å². The smallest absolute Gasteiger partial charge is 0.193 e. The van der Waals surface area contributed by atoms with Gasteiger partial charge in [0, 0.05) is 24.8 Å². The Hall–Kier alpha value is -1.60. The van der Waals surface area contributed by atoms with Crippen LogP contribution in [-0.4, -0.2) is 30.0 Å². The quantitative estimate of drug-likeness (QED) is 0.397. The molecular weight excluding hydrogens is 435 g/mol. The van der Waals surface area contributed by atoms with Crippen molar-refractivity contribution in [2.45, 2.75) is 39.3 Å². The summed E-state index contributed by atoms with van der Waals surface area (Å²) in [5.74, 6) is 0.487. The lowest BCUT2D eigenvalue weighted by Crippen LogP contribution is -2.41. The van der Waals surface area contributed by atoms with E-state index >= 15 is 0 Å². The van der Waals surface area contributed by atoms with Gasteiger partial charge in [0.25, 0.3) is 0 Å². The normalized spacial score (nSPS) is 15.7. The maximum atomic E-state index is 6.09. The number of nitrogens with one attached hydrogen (secondary N) is 1. The van der Waals surface area contributed by atoms with Crippen LogP contribution in [0.3, 0.4) is 0 Å². The molecule has 3 rings (SSSR count). The second-order valence-corrected chi connectivity index (χ2v) is 6.77. The standard InChI is InChI=1S/C21H28N4.HI/c1-3-20(25-12-11-17-8-4-5-9-18(17)15-25)14-23-21(22)24-19-10-6-7-16(2)13-19;/h4-10,13,20H,3,11-12,14-15H2,1-2H3,(H3,22,23,24);1H. The molecule has 0 aromatic heterocycles. The van der Waals surface area contributed by atoms with E-state index in [0.29, 0.717) is 12.0 Å². The van der Waals surface area contributed by atoms with E-state index in [1.54, 1.807) is 0 Å². The fourth-order valence-electron chi connectivity index (χ4n) is 3.45. The predicted molar refractivity (Wildman–Crippen MR) is 121 cm³/mol. The molecule has 0 amide bonds. The first-order valence-electron chi connectivity index (χ1n) is 9.10. The maximum absolute atomic E-state index is 6.09. The van der Waals surface area contributed by atoms with Gasteiger partial charge in [-0.25, -0.2) is 0 Å². The molecule has 140 valence electrons. The van der Waals surface area contributed by atoms with E-state index in [9.17, 15) is 0 Å². The maximum Gasteiger partial charge on any atom is 0.193 e. The summed E-state index contributed by atoms with van der Waals surface area (Å²) in [6, 6.07) is 17.3. The van der Waals surface area contributed by atoms with Gasteiger partial charge in [-0.3, -0.25) is 9.89 Å². The number of halogens is 1. The molecule has 2 aromatic carbocycles. The highest BCUT2D eigenvalue weighted by Crippen LogP contribution is 2.21. The molecule has 0 saturated carbocycles. The first kappa shape index (κ1) is 20.7. The van der Waals surface area contributed by atoms with Crippen LogP contribution in [0.1, 0.15) is 30.0 Å². The lowest BCUT2D eigenvalue weighted by atomic mass is 9.98. The molecule has 1 aliphatic heterocycles. The van der Waals surface area contributed by atoms with Crippen molar-refractivity contribution in [1.29, 1.82) is 0 Å².